The van der Waals surface area contributed by atoms with E-state index in [0.717, 1.165) is 21.9 Å². The molecule has 0 saturated carbocycles. The molecule has 3 aromatic rings. The highest BCUT2D eigenvalue weighted by Gasteiger charge is 2.31. The molecule has 1 N–H and O–H groups in total. The lowest BCUT2D eigenvalue weighted by Crippen LogP contribution is -2.28. The SMILES string of the molecule is COc1c(Cl)c(N2CN=C(Nc3ncc([N+](=O)[O-])s3)c3sccc32)c(Cl)c(OC)c1Br. The molecule has 0 aliphatic carbocycles. The molecule has 0 bridgehead atoms. The summed E-state index contributed by atoms with van der Waals surface area (Å²) < 4.78 is 11.4. The summed E-state index contributed by atoms with van der Waals surface area (Å²) in [7, 11) is 3.01. The van der Waals surface area contributed by atoms with E-state index in [1.165, 1.54) is 31.8 Å². The first-order valence-corrected chi connectivity index (χ1v) is 11.7. The van der Waals surface area contributed by atoms with Gasteiger partial charge in [0.25, 0.3) is 0 Å². The summed E-state index contributed by atoms with van der Waals surface area (Å²) in [5.74, 6) is 1.32. The Bertz CT molecular complexity index is 1180. The lowest BCUT2D eigenvalue weighted by molar-refractivity contribution is -0.380. The number of benzene rings is 1. The first-order valence-electron chi connectivity index (χ1n) is 8.42. The van der Waals surface area contributed by atoms with E-state index >= 15 is 0 Å². The fourth-order valence-corrected chi connectivity index (χ4v) is 6.20. The Morgan fingerprint density at radius 2 is 1.97 bits per heavy atom. The van der Waals surface area contributed by atoms with Crippen LogP contribution in [0.4, 0.5) is 21.5 Å². The molecule has 4 rings (SSSR count). The van der Waals surface area contributed by atoms with Crippen molar-refractivity contribution in [1.29, 1.82) is 0 Å². The van der Waals surface area contributed by atoms with E-state index in [1.807, 2.05) is 16.3 Å². The zero-order valence-electron chi connectivity index (χ0n) is 15.8. The maximum absolute atomic E-state index is 10.9. The minimum atomic E-state index is -0.484. The van der Waals surface area contributed by atoms with Gasteiger partial charge >= 0.3 is 5.00 Å². The van der Waals surface area contributed by atoms with Gasteiger partial charge in [-0.3, -0.25) is 10.1 Å². The molecule has 2 aromatic heterocycles. The molecule has 3 heterocycles. The van der Waals surface area contributed by atoms with Crippen LogP contribution in [0, 0.1) is 10.1 Å². The highest BCUT2D eigenvalue weighted by Crippen LogP contribution is 2.54. The zero-order valence-corrected chi connectivity index (χ0v) is 20.5. The summed E-state index contributed by atoms with van der Waals surface area (Å²) in [6.45, 7) is 0.187. The number of rotatable bonds is 5. The van der Waals surface area contributed by atoms with Crippen LogP contribution < -0.4 is 19.7 Å². The minimum Gasteiger partial charge on any atom is -0.494 e. The molecule has 0 amide bonds. The van der Waals surface area contributed by atoms with Crippen LogP contribution >= 0.6 is 61.8 Å². The van der Waals surface area contributed by atoms with Gasteiger partial charge in [0.2, 0.25) is 0 Å². The minimum absolute atomic E-state index is 0.0560. The summed E-state index contributed by atoms with van der Waals surface area (Å²) in [6.07, 6.45) is 1.21. The number of thiazole rings is 1. The molecule has 31 heavy (non-hydrogen) atoms. The van der Waals surface area contributed by atoms with Crippen LogP contribution in [0.1, 0.15) is 4.88 Å². The van der Waals surface area contributed by atoms with Gasteiger partial charge in [0.15, 0.2) is 16.6 Å². The van der Waals surface area contributed by atoms with Gasteiger partial charge in [-0.2, -0.15) is 0 Å². The van der Waals surface area contributed by atoms with Crippen LogP contribution in [-0.2, 0) is 0 Å². The highest BCUT2D eigenvalue weighted by atomic mass is 79.9. The predicted octanol–water partition coefficient (Wildman–Crippen LogP) is 6.17. The van der Waals surface area contributed by atoms with Crippen LogP contribution in [0.15, 0.2) is 27.1 Å². The van der Waals surface area contributed by atoms with Crippen molar-refractivity contribution in [2.24, 2.45) is 4.99 Å². The van der Waals surface area contributed by atoms with Crippen LogP contribution in [0.5, 0.6) is 11.5 Å². The first kappa shape index (κ1) is 22.1. The van der Waals surface area contributed by atoms with Crippen molar-refractivity contribution in [1.82, 2.24) is 4.98 Å². The van der Waals surface area contributed by atoms with Gasteiger partial charge in [-0.15, -0.1) is 11.3 Å². The molecule has 0 atom stereocenters. The Labute approximate surface area is 202 Å². The number of methoxy groups -OCH3 is 2. The third-order valence-electron chi connectivity index (χ3n) is 4.31. The predicted molar refractivity (Wildman–Crippen MR) is 128 cm³/mol. The Balaban J connectivity index is 1.75. The number of aromatic nitrogens is 1. The molecule has 1 aliphatic rings. The summed E-state index contributed by atoms with van der Waals surface area (Å²) in [5, 5.41) is 16.8. The smallest absolute Gasteiger partial charge is 0.345 e. The Morgan fingerprint density at radius 3 is 2.55 bits per heavy atom. The summed E-state index contributed by atoms with van der Waals surface area (Å²) in [6, 6.07) is 1.91. The summed E-state index contributed by atoms with van der Waals surface area (Å²) >= 11 is 19.1. The molecule has 162 valence electrons. The number of amidine groups is 1. The van der Waals surface area contributed by atoms with Crippen molar-refractivity contribution < 1.29 is 14.4 Å². The molecule has 1 aromatic carbocycles. The van der Waals surface area contributed by atoms with E-state index in [2.05, 4.69) is 31.2 Å². The van der Waals surface area contributed by atoms with Gasteiger partial charge in [0.05, 0.1) is 35.4 Å². The van der Waals surface area contributed by atoms with Gasteiger partial charge in [-0.1, -0.05) is 23.2 Å². The second kappa shape index (κ2) is 8.79. The van der Waals surface area contributed by atoms with Crippen molar-refractivity contribution in [3.8, 4) is 11.5 Å². The monoisotopic (exact) mass is 563 g/mol. The number of hydrogen-bond acceptors (Lipinski definition) is 10. The van der Waals surface area contributed by atoms with Crippen molar-refractivity contribution in [2.45, 2.75) is 0 Å². The summed E-state index contributed by atoms with van der Waals surface area (Å²) in [5.41, 5.74) is 1.30. The van der Waals surface area contributed by atoms with Gasteiger partial charge in [0.1, 0.15) is 33.2 Å². The van der Waals surface area contributed by atoms with E-state index in [-0.39, 0.29) is 11.7 Å². The van der Waals surface area contributed by atoms with E-state index in [9.17, 15) is 10.1 Å². The van der Waals surface area contributed by atoms with E-state index in [1.54, 1.807) is 0 Å². The molecule has 0 unspecified atom stereocenters. The number of thiophene rings is 1. The van der Waals surface area contributed by atoms with Crippen molar-refractivity contribution >= 4 is 89.1 Å². The van der Waals surface area contributed by atoms with Crippen molar-refractivity contribution in [2.75, 3.05) is 31.1 Å². The average molecular weight is 565 g/mol. The molecular weight excluding hydrogens is 553 g/mol. The Hall–Kier alpha value is -2.12. The Morgan fingerprint density at radius 1 is 1.29 bits per heavy atom. The van der Waals surface area contributed by atoms with Gasteiger partial charge in [-0.05, 0) is 38.7 Å². The number of anilines is 3. The number of halogens is 3. The largest absolute Gasteiger partial charge is 0.494 e. The standard InChI is InChI=1S/C17H12BrCl2N5O4S2/c1-28-13-9(18)14(29-2)11(20)12(10(13)19)24-6-22-16(15-7(24)3-4-30-15)23-17-21-5-8(31-17)25(26)27/h3-5H,6H2,1-2H3,(H,21,22,23). The molecule has 0 fully saturated rings. The molecule has 9 nitrogen and oxygen atoms in total. The van der Waals surface area contributed by atoms with Gasteiger partial charge in [0, 0.05) is 0 Å². The number of ether oxygens (including phenoxy) is 2. The maximum atomic E-state index is 10.9. The van der Waals surface area contributed by atoms with Crippen LogP contribution in [0.3, 0.4) is 0 Å². The zero-order chi connectivity index (χ0) is 22.3. The number of nitro groups is 1. The van der Waals surface area contributed by atoms with E-state index < -0.39 is 4.92 Å². The van der Waals surface area contributed by atoms with E-state index in [0.29, 0.717) is 42.7 Å². The number of nitrogens with zero attached hydrogens (tertiary/aromatic N) is 4. The fourth-order valence-electron chi connectivity index (χ4n) is 2.98. The van der Waals surface area contributed by atoms with Crippen molar-refractivity contribution in [3.05, 3.63) is 47.2 Å². The van der Waals surface area contributed by atoms with E-state index in [4.69, 9.17) is 32.7 Å². The molecule has 1 aliphatic heterocycles. The quantitative estimate of drug-likeness (QED) is 0.292. The first-order chi connectivity index (χ1) is 14.9. The van der Waals surface area contributed by atoms with Crippen LogP contribution in [-0.4, -0.2) is 36.6 Å². The lowest BCUT2D eigenvalue weighted by Gasteiger charge is -2.30. The number of aliphatic imine (C=N–C) groups is 1. The van der Waals surface area contributed by atoms with Crippen LogP contribution in [0.25, 0.3) is 0 Å². The second-order valence-corrected chi connectivity index (χ2v) is 9.43. The van der Waals surface area contributed by atoms with Gasteiger partial charge < -0.3 is 19.7 Å². The summed E-state index contributed by atoms with van der Waals surface area (Å²) in [4.78, 5) is 21.7. The number of nitrogens with one attached hydrogen (secondary N) is 1. The Kier molecular flexibility index (Phi) is 6.26. The normalized spacial score (nSPS) is 12.9. The third-order valence-corrected chi connectivity index (χ3v) is 7.51. The maximum Gasteiger partial charge on any atom is 0.345 e. The topological polar surface area (TPSA) is 102 Å². The fraction of sp³-hybridized carbons (Fsp3) is 0.176. The lowest BCUT2D eigenvalue weighted by atomic mass is 10.2. The second-order valence-electron chi connectivity index (χ2n) is 5.95. The molecule has 0 spiro atoms. The highest BCUT2D eigenvalue weighted by molar-refractivity contribution is 9.10. The molecule has 0 radical (unpaired) electrons. The molecule has 0 saturated heterocycles. The van der Waals surface area contributed by atoms with Crippen LogP contribution in [0.2, 0.25) is 10.0 Å². The van der Waals surface area contributed by atoms with Crippen molar-refractivity contribution in [3.63, 3.8) is 0 Å². The third kappa shape index (κ3) is 3.82. The number of fused-ring (bicyclic) bond motifs is 1. The van der Waals surface area contributed by atoms with Gasteiger partial charge in [-0.25, -0.2) is 9.98 Å². The molecular formula is C17H12BrCl2N5O4S2. The molecule has 14 heteroatoms. The average Bonchev–Trinajstić information content (AvgIpc) is 3.40. The number of hydrogen-bond donors (Lipinski definition) is 1.